The van der Waals surface area contributed by atoms with E-state index in [2.05, 4.69) is 11.4 Å². The quantitative estimate of drug-likeness (QED) is 0.110. The topological polar surface area (TPSA) is 159 Å². The molecule has 302 valence electrons. The van der Waals surface area contributed by atoms with Crippen molar-refractivity contribution in [1.29, 1.82) is 0 Å². The van der Waals surface area contributed by atoms with E-state index in [1.807, 2.05) is 66.7 Å². The lowest BCUT2D eigenvalue weighted by Gasteiger charge is -2.56. The number of hydrogen-bond acceptors (Lipinski definition) is 8. The monoisotopic (exact) mass is 777 g/mol. The molecule has 2 aromatic carbocycles. The highest BCUT2D eigenvalue weighted by atomic mass is 16.6. The van der Waals surface area contributed by atoms with Gasteiger partial charge < -0.3 is 30.1 Å². The molecule has 2 aliphatic heterocycles. The molecule has 4 N–H and O–H groups in total. The number of hydrogen-bond donors (Lipinski definition) is 4. The molecular formula is C47H55NO9. The lowest BCUT2D eigenvalue weighted by Crippen LogP contribution is -2.72. The smallest absolute Gasteiger partial charge is 0.326 e. The summed E-state index contributed by atoms with van der Waals surface area (Å²) in [6.45, 7) is 15.2. The molecule has 3 aliphatic carbocycles. The highest BCUT2D eigenvalue weighted by Crippen LogP contribution is 2.68. The number of carboxylic acids is 1. The summed E-state index contributed by atoms with van der Waals surface area (Å²) in [4.78, 5) is 55.3. The van der Waals surface area contributed by atoms with Gasteiger partial charge in [-0.2, -0.15) is 0 Å². The Morgan fingerprint density at radius 2 is 1.58 bits per heavy atom. The molecule has 1 spiro atoms. The van der Waals surface area contributed by atoms with Crippen LogP contribution >= 0.6 is 0 Å². The first kappa shape index (κ1) is 41.4. The van der Waals surface area contributed by atoms with E-state index < -0.39 is 52.3 Å². The van der Waals surface area contributed by atoms with Gasteiger partial charge in [0.05, 0.1) is 5.60 Å². The second kappa shape index (κ2) is 15.6. The van der Waals surface area contributed by atoms with Crippen LogP contribution in [0.5, 0.6) is 17.2 Å². The van der Waals surface area contributed by atoms with E-state index in [0.29, 0.717) is 12.0 Å². The average molecular weight is 778 g/mol. The van der Waals surface area contributed by atoms with Crippen molar-refractivity contribution >= 4 is 23.4 Å². The summed E-state index contributed by atoms with van der Waals surface area (Å²) in [6, 6.07) is 7.79. The molecule has 0 radical (unpaired) electrons. The van der Waals surface area contributed by atoms with Crippen LogP contribution in [0.25, 0.3) is 0 Å². The number of carboxylic acid groups (broad SMARTS) is 1. The summed E-state index contributed by atoms with van der Waals surface area (Å²) in [5.74, 6) is -4.27. The van der Waals surface area contributed by atoms with Crippen molar-refractivity contribution < 1.29 is 44.0 Å². The fraction of sp³-hybridized carbons (Fsp3) is 0.447. The van der Waals surface area contributed by atoms with Gasteiger partial charge in [0.1, 0.15) is 28.9 Å². The number of nitrogens with one attached hydrogen (secondary N) is 1. The van der Waals surface area contributed by atoms with Crippen molar-refractivity contribution in [1.82, 2.24) is 5.32 Å². The van der Waals surface area contributed by atoms with E-state index >= 15 is 0 Å². The minimum Gasteiger partial charge on any atom is -0.507 e. The predicted octanol–water partition coefficient (Wildman–Crippen LogP) is 8.00. The molecule has 1 amide bonds. The standard InChI is InChI=1S/C47H55NO9/c1-26(2)13-12-14-28(5)18-20-32-38(49)33(19-17-27(3)4)41-37(39(32)50)40(51)34-24-31-25-36-45(7,8)57-46(42(31)52,47(34,36)56-41)22-21-29(6)43(53)48-35(44(54)55)23-30-15-10-9-11-16-30/h9-11,13,15-18,21,24,31,35-36,49-50H,12,14,19-20,22-23,25H2,1-8H3,(H,48,53)(H,54,55)/b28-18+,29-21-. The molecule has 1 saturated heterocycles. The highest BCUT2D eigenvalue weighted by molar-refractivity contribution is 6.18. The first-order chi connectivity index (χ1) is 26.8. The number of ether oxygens (including phenoxy) is 2. The minimum atomic E-state index is -1.75. The summed E-state index contributed by atoms with van der Waals surface area (Å²) in [7, 11) is 0. The maximum atomic E-state index is 15.0. The summed E-state index contributed by atoms with van der Waals surface area (Å²) in [5.41, 5.74) is 0.552. The van der Waals surface area contributed by atoms with Crippen LogP contribution in [-0.4, -0.2) is 61.6 Å². The van der Waals surface area contributed by atoms with E-state index in [4.69, 9.17) is 9.47 Å². The first-order valence-corrected chi connectivity index (χ1v) is 19.8. The number of allylic oxidation sites excluding steroid dienone is 7. The molecule has 10 heteroatoms. The van der Waals surface area contributed by atoms with E-state index in [1.54, 1.807) is 43.3 Å². The number of ketones is 2. The molecule has 10 nitrogen and oxygen atoms in total. The number of fused-ring (bicyclic) bond motifs is 1. The highest BCUT2D eigenvalue weighted by Gasteiger charge is 2.81. The van der Waals surface area contributed by atoms with Crippen LogP contribution in [-0.2, 0) is 38.4 Å². The van der Waals surface area contributed by atoms with Crippen LogP contribution < -0.4 is 10.1 Å². The third-order valence-electron chi connectivity index (χ3n) is 12.1. The number of Topliss-reactive ketones (excluding diaryl/α,β-unsaturated/α-hetero) is 2. The van der Waals surface area contributed by atoms with Gasteiger partial charge in [-0.3, -0.25) is 14.4 Å². The summed E-state index contributed by atoms with van der Waals surface area (Å²) < 4.78 is 13.9. The maximum absolute atomic E-state index is 15.0. The van der Waals surface area contributed by atoms with Gasteiger partial charge in [-0.05, 0) is 93.1 Å². The number of carbonyl (C=O) groups excluding carboxylic acids is 3. The van der Waals surface area contributed by atoms with Gasteiger partial charge >= 0.3 is 5.97 Å². The van der Waals surface area contributed by atoms with E-state index in [-0.39, 0.29) is 71.0 Å². The number of carbonyl (C=O) groups is 4. The Bertz CT molecular complexity index is 2160. The van der Waals surface area contributed by atoms with Crippen LogP contribution in [0.3, 0.4) is 0 Å². The second-order valence-electron chi connectivity index (χ2n) is 17.1. The van der Waals surface area contributed by atoms with Crippen LogP contribution in [0.4, 0.5) is 0 Å². The second-order valence-corrected chi connectivity index (χ2v) is 17.1. The summed E-state index contributed by atoms with van der Waals surface area (Å²) in [5, 5.41) is 36.4. The van der Waals surface area contributed by atoms with E-state index in [1.165, 1.54) is 5.57 Å². The van der Waals surface area contributed by atoms with Crippen molar-refractivity contribution in [3.8, 4) is 17.2 Å². The molecule has 2 heterocycles. The molecule has 4 bridgehead atoms. The minimum absolute atomic E-state index is 0.0186. The Hall–Kier alpha value is -5.22. The van der Waals surface area contributed by atoms with Gasteiger partial charge in [0.25, 0.3) is 0 Å². The Kier molecular flexibility index (Phi) is 11.3. The lowest BCUT2D eigenvalue weighted by molar-refractivity contribution is -0.171. The first-order valence-electron chi connectivity index (χ1n) is 19.8. The Balaban J connectivity index is 1.42. The summed E-state index contributed by atoms with van der Waals surface area (Å²) >= 11 is 0. The zero-order valence-corrected chi connectivity index (χ0v) is 34.2. The van der Waals surface area contributed by atoms with E-state index in [0.717, 1.165) is 29.6 Å². The normalized spacial score (nSPS) is 24.8. The molecule has 2 aromatic rings. The van der Waals surface area contributed by atoms with Crippen molar-refractivity contribution in [2.45, 2.75) is 123 Å². The van der Waals surface area contributed by atoms with Crippen molar-refractivity contribution in [3.63, 3.8) is 0 Å². The van der Waals surface area contributed by atoms with Crippen molar-refractivity contribution in [3.05, 3.63) is 111 Å². The van der Waals surface area contributed by atoms with Gasteiger partial charge in [-0.1, -0.05) is 77.4 Å². The fourth-order valence-corrected chi connectivity index (χ4v) is 9.13. The fourth-order valence-electron chi connectivity index (χ4n) is 9.13. The molecule has 5 aliphatic rings. The average Bonchev–Trinajstić information content (AvgIpc) is 3.30. The number of amides is 1. The van der Waals surface area contributed by atoms with Crippen LogP contribution in [0.2, 0.25) is 0 Å². The molecule has 1 saturated carbocycles. The van der Waals surface area contributed by atoms with Crippen LogP contribution in [0.15, 0.2) is 88.6 Å². The Morgan fingerprint density at radius 3 is 2.23 bits per heavy atom. The van der Waals surface area contributed by atoms with Gasteiger partial charge in [0.15, 0.2) is 22.8 Å². The van der Waals surface area contributed by atoms with Crippen LogP contribution in [0, 0.1) is 11.8 Å². The Morgan fingerprint density at radius 1 is 0.912 bits per heavy atom. The zero-order valence-electron chi connectivity index (χ0n) is 34.2. The van der Waals surface area contributed by atoms with Crippen LogP contribution in [0.1, 0.15) is 108 Å². The third-order valence-corrected chi connectivity index (χ3v) is 12.1. The largest absolute Gasteiger partial charge is 0.507 e. The molecule has 7 rings (SSSR count). The lowest BCUT2D eigenvalue weighted by atomic mass is 9.51. The predicted molar refractivity (Wildman–Crippen MR) is 217 cm³/mol. The Labute approximate surface area is 335 Å². The molecule has 0 aromatic heterocycles. The molecule has 2 fully saturated rings. The number of phenolic OH excluding ortho intramolecular Hbond substituents is 2. The third kappa shape index (κ3) is 7.29. The SMILES string of the molecule is CC(C)=CCC/C(C)=C/Cc1c(O)c(CC=C(C)C)c2c(c1O)C(=O)C1=CC3CC4C(C)(C)OC(C/C=C(/C)C(=O)NC(Cc5ccccc5)C(=O)O)(C3=O)C14O2. The molecule has 57 heavy (non-hydrogen) atoms. The number of phenols is 2. The molecule has 5 atom stereocenters. The molecular weight excluding hydrogens is 723 g/mol. The number of aromatic hydroxyl groups is 2. The zero-order chi connectivity index (χ0) is 41.6. The maximum Gasteiger partial charge on any atom is 0.326 e. The van der Waals surface area contributed by atoms with Crippen molar-refractivity contribution in [2.24, 2.45) is 11.8 Å². The van der Waals surface area contributed by atoms with E-state index in [9.17, 15) is 34.5 Å². The number of aliphatic carboxylic acids is 1. The molecule has 5 unspecified atom stereocenters. The van der Waals surface area contributed by atoms with Crippen molar-refractivity contribution in [2.75, 3.05) is 0 Å². The summed E-state index contributed by atoms with van der Waals surface area (Å²) in [6.07, 6.45) is 11.6. The number of rotatable bonds is 14. The van der Waals surface area contributed by atoms with Gasteiger partial charge in [-0.15, -0.1) is 0 Å². The van der Waals surface area contributed by atoms with Gasteiger partial charge in [-0.25, -0.2) is 4.79 Å². The number of benzene rings is 2. The van der Waals surface area contributed by atoms with Gasteiger partial charge in [0.2, 0.25) is 5.91 Å². The van der Waals surface area contributed by atoms with Gasteiger partial charge in [0, 0.05) is 47.0 Å².